The van der Waals surface area contributed by atoms with E-state index in [0.717, 1.165) is 44.6 Å². The van der Waals surface area contributed by atoms with E-state index in [-0.39, 0.29) is 0 Å². The molecule has 0 aliphatic heterocycles. The lowest BCUT2D eigenvalue weighted by atomic mass is 10.0. The molecule has 1 atom stereocenters. The minimum Gasteiger partial charge on any atom is -0.387 e. The van der Waals surface area contributed by atoms with Gasteiger partial charge in [0.15, 0.2) is 0 Å². The first-order valence-electron chi connectivity index (χ1n) is 7.33. The molecular formula is C16H27NO2. The van der Waals surface area contributed by atoms with Crippen LogP contribution in [-0.4, -0.2) is 31.4 Å². The second kappa shape index (κ2) is 9.96. The molecule has 0 aliphatic rings. The fourth-order valence-corrected chi connectivity index (χ4v) is 2.00. The Kier molecular flexibility index (Phi) is 8.47. The highest BCUT2D eigenvalue weighted by Crippen LogP contribution is 2.13. The second-order valence-electron chi connectivity index (χ2n) is 4.76. The fraction of sp³-hybridized carbons (Fsp3) is 0.625. The maximum atomic E-state index is 10.1. The smallest absolute Gasteiger partial charge is 0.0914 e. The fourth-order valence-electron chi connectivity index (χ4n) is 2.00. The molecule has 19 heavy (non-hydrogen) atoms. The minimum atomic E-state index is -0.428. The molecule has 1 unspecified atom stereocenters. The lowest BCUT2D eigenvalue weighted by Gasteiger charge is -2.13. The zero-order valence-electron chi connectivity index (χ0n) is 12.2. The van der Waals surface area contributed by atoms with Crippen LogP contribution in [0.25, 0.3) is 0 Å². The Morgan fingerprint density at radius 1 is 1.21 bits per heavy atom. The molecule has 1 rings (SSSR count). The van der Waals surface area contributed by atoms with Gasteiger partial charge in [0.1, 0.15) is 0 Å². The topological polar surface area (TPSA) is 41.5 Å². The Morgan fingerprint density at radius 2 is 1.95 bits per heavy atom. The van der Waals surface area contributed by atoms with Crippen molar-refractivity contribution in [3.05, 3.63) is 35.4 Å². The third-order valence-electron chi connectivity index (χ3n) is 3.09. The van der Waals surface area contributed by atoms with E-state index in [1.807, 2.05) is 19.1 Å². The summed E-state index contributed by atoms with van der Waals surface area (Å²) >= 11 is 0. The summed E-state index contributed by atoms with van der Waals surface area (Å²) in [5.74, 6) is 0. The molecule has 3 nitrogen and oxygen atoms in total. The highest BCUT2D eigenvalue weighted by atomic mass is 16.5. The van der Waals surface area contributed by atoms with Crippen LogP contribution in [-0.2, 0) is 11.2 Å². The Labute approximate surface area is 117 Å². The van der Waals surface area contributed by atoms with Crippen LogP contribution in [0.4, 0.5) is 0 Å². The standard InChI is InChI=1S/C16H27NO2/c1-3-6-14-7-9-15(10-8-14)16(18)13-17-11-5-12-19-4-2/h7-10,16-18H,3-6,11-13H2,1-2H3. The highest BCUT2D eigenvalue weighted by Gasteiger charge is 2.06. The van der Waals surface area contributed by atoms with Gasteiger partial charge in [-0.05, 0) is 37.4 Å². The number of aliphatic hydroxyl groups is 1. The Bertz CT molecular complexity index is 324. The molecule has 0 fully saturated rings. The van der Waals surface area contributed by atoms with Gasteiger partial charge in [0, 0.05) is 19.8 Å². The van der Waals surface area contributed by atoms with E-state index < -0.39 is 6.10 Å². The van der Waals surface area contributed by atoms with Crippen molar-refractivity contribution in [2.24, 2.45) is 0 Å². The number of nitrogens with one attached hydrogen (secondary N) is 1. The lowest BCUT2D eigenvalue weighted by Crippen LogP contribution is -2.23. The summed E-state index contributed by atoms with van der Waals surface area (Å²) in [5, 5.41) is 13.3. The first kappa shape index (κ1) is 16.2. The molecule has 0 amide bonds. The number of aliphatic hydroxyl groups excluding tert-OH is 1. The maximum absolute atomic E-state index is 10.1. The Morgan fingerprint density at radius 3 is 2.58 bits per heavy atom. The van der Waals surface area contributed by atoms with Crippen molar-refractivity contribution in [1.29, 1.82) is 0 Å². The zero-order valence-corrected chi connectivity index (χ0v) is 12.2. The van der Waals surface area contributed by atoms with Gasteiger partial charge in [0.2, 0.25) is 0 Å². The van der Waals surface area contributed by atoms with Crippen LogP contribution in [0, 0.1) is 0 Å². The summed E-state index contributed by atoms with van der Waals surface area (Å²) < 4.78 is 5.26. The van der Waals surface area contributed by atoms with Gasteiger partial charge in [-0.15, -0.1) is 0 Å². The molecule has 0 bridgehead atoms. The molecule has 2 N–H and O–H groups in total. The van der Waals surface area contributed by atoms with E-state index in [1.165, 1.54) is 5.56 Å². The number of aryl methyl sites for hydroxylation is 1. The van der Waals surface area contributed by atoms with E-state index in [1.54, 1.807) is 0 Å². The Balaban J connectivity index is 2.23. The molecule has 0 radical (unpaired) electrons. The predicted octanol–water partition coefficient (Wildman–Crippen LogP) is 2.69. The summed E-state index contributed by atoms with van der Waals surface area (Å²) in [4.78, 5) is 0. The molecular weight excluding hydrogens is 238 g/mol. The van der Waals surface area contributed by atoms with E-state index in [2.05, 4.69) is 24.4 Å². The third kappa shape index (κ3) is 6.71. The zero-order chi connectivity index (χ0) is 13.9. The van der Waals surface area contributed by atoms with Crippen molar-refractivity contribution in [3.63, 3.8) is 0 Å². The van der Waals surface area contributed by atoms with Crippen molar-refractivity contribution in [2.45, 2.75) is 39.2 Å². The minimum absolute atomic E-state index is 0.428. The number of hydrogen-bond donors (Lipinski definition) is 2. The highest BCUT2D eigenvalue weighted by molar-refractivity contribution is 5.24. The van der Waals surface area contributed by atoms with Gasteiger partial charge in [0.25, 0.3) is 0 Å². The third-order valence-corrected chi connectivity index (χ3v) is 3.09. The monoisotopic (exact) mass is 265 g/mol. The molecule has 3 heteroatoms. The number of hydrogen-bond acceptors (Lipinski definition) is 3. The summed E-state index contributed by atoms with van der Waals surface area (Å²) in [6.07, 6.45) is 2.81. The molecule has 0 aromatic heterocycles. The van der Waals surface area contributed by atoms with E-state index in [4.69, 9.17) is 4.74 Å². The van der Waals surface area contributed by atoms with Crippen LogP contribution < -0.4 is 5.32 Å². The van der Waals surface area contributed by atoms with Crippen LogP contribution >= 0.6 is 0 Å². The number of rotatable bonds is 10. The van der Waals surface area contributed by atoms with Gasteiger partial charge in [-0.25, -0.2) is 0 Å². The van der Waals surface area contributed by atoms with Crippen LogP contribution in [0.3, 0.4) is 0 Å². The van der Waals surface area contributed by atoms with Crippen molar-refractivity contribution in [2.75, 3.05) is 26.3 Å². The van der Waals surface area contributed by atoms with Crippen LogP contribution in [0.1, 0.15) is 43.9 Å². The quantitative estimate of drug-likeness (QED) is 0.639. The molecule has 0 heterocycles. The van der Waals surface area contributed by atoms with E-state index in [9.17, 15) is 5.11 Å². The van der Waals surface area contributed by atoms with Gasteiger partial charge in [0.05, 0.1) is 6.10 Å². The predicted molar refractivity (Wildman–Crippen MR) is 79.4 cm³/mol. The average molecular weight is 265 g/mol. The van der Waals surface area contributed by atoms with Gasteiger partial charge < -0.3 is 15.2 Å². The number of ether oxygens (including phenoxy) is 1. The second-order valence-corrected chi connectivity index (χ2v) is 4.76. The van der Waals surface area contributed by atoms with Crippen LogP contribution in [0.2, 0.25) is 0 Å². The number of benzene rings is 1. The molecule has 0 saturated carbocycles. The van der Waals surface area contributed by atoms with Gasteiger partial charge in [-0.1, -0.05) is 37.6 Å². The first-order chi connectivity index (χ1) is 9.27. The summed E-state index contributed by atoms with van der Waals surface area (Å²) in [6.45, 7) is 7.20. The molecule has 0 aliphatic carbocycles. The normalized spacial score (nSPS) is 12.6. The van der Waals surface area contributed by atoms with Gasteiger partial charge >= 0.3 is 0 Å². The van der Waals surface area contributed by atoms with Crippen molar-refractivity contribution in [1.82, 2.24) is 5.32 Å². The molecule has 0 spiro atoms. The first-order valence-corrected chi connectivity index (χ1v) is 7.33. The summed E-state index contributed by atoms with van der Waals surface area (Å²) in [6, 6.07) is 8.27. The SMILES string of the molecule is CCCc1ccc(C(O)CNCCCOCC)cc1. The van der Waals surface area contributed by atoms with Crippen molar-refractivity contribution < 1.29 is 9.84 Å². The van der Waals surface area contributed by atoms with Crippen LogP contribution in [0.5, 0.6) is 0 Å². The lowest BCUT2D eigenvalue weighted by molar-refractivity contribution is 0.141. The molecule has 108 valence electrons. The van der Waals surface area contributed by atoms with Gasteiger partial charge in [-0.3, -0.25) is 0 Å². The summed E-state index contributed by atoms with van der Waals surface area (Å²) in [7, 11) is 0. The molecule has 1 aromatic carbocycles. The van der Waals surface area contributed by atoms with E-state index in [0.29, 0.717) is 6.54 Å². The van der Waals surface area contributed by atoms with Gasteiger partial charge in [-0.2, -0.15) is 0 Å². The van der Waals surface area contributed by atoms with Crippen molar-refractivity contribution >= 4 is 0 Å². The molecule has 0 saturated heterocycles. The van der Waals surface area contributed by atoms with E-state index >= 15 is 0 Å². The molecule has 1 aromatic rings. The largest absolute Gasteiger partial charge is 0.387 e. The Hall–Kier alpha value is -0.900. The summed E-state index contributed by atoms with van der Waals surface area (Å²) in [5.41, 5.74) is 2.32. The average Bonchev–Trinajstić information content (AvgIpc) is 2.43. The maximum Gasteiger partial charge on any atom is 0.0914 e. The van der Waals surface area contributed by atoms with Crippen molar-refractivity contribution in [3.8, 4) is 0 Å². The van der Waals surface area contributed by atoms with Crippen LogP contribution in [0.15, 0.2) is 24.3 Å².